The summed E-state index contributed by atoms with van der Waals surface area (Å²) in [7, 11) is 1.67. The summed E-state index contributed by atoms with van der Waals surface area (Å²) in [6.45, 7) is 3.32. The lowest BCUT2D eigenvalue weighted by atomic mass is 10.3. The van der Waals surface area contributed by atoms with Crippen molar-refractivity contribution in [1.29, 1.82) is 0 Å². The number of nitrogens with one attached hydrogen (secondary N) is 1. The zero-order chi connectivity index (χ0) is 8.81. The number of hydrogen-bond acceptors (Lipinski definition) is 5. The summed E-state index contributed by atoms with van der Waals surface area (Å²) >= 11 is 0. The lowest BCUT2D eigenvalue weighted by Gasteiger charge is -2.09. The van der Waals surface area contributed by atoms with Gasteiger partial charge in [0.05, 0.1) is 13.2 Å². The SMILES string of the molecule is COCC(C)NCc1ncon1. The zero-order valence-corrected chi connectivity index (χ0v) is 7.28. The first-order chi connectivity index (χ1) is 5.83. The Morgan fingerprint density at radius 1 is 1.75 bits per heavy atom. The Balaban J connectivity index is 2.17. The van der Waals surface area contributed by atoms with Gasteiger partial charge in [-0.1, -0.05) is 5.16 Å². The van der Waals surface area contributed by atoms with Gasteiger partial charge in [0.1, 0.15) is 0 Å². The Bertz CT molecular complexity index is 200. The van der Waals surface area contributed by atoms with Gasteiger partial charge in [-0.2, -0.15) is 4.98 Å². The molecule has 0 radical (unpaired) electrons. The lowest BCUT2D eigenvalue weighted by Crippen LogP contribution is -2.29. The van der Waals surface area contributed by atoms with Crippen molar-refractivity contribution in [1.82, 2.24) is 15.5 Å². The van der Waals surface area contributed by atoms with Gasteiger partial charge in [-0.25, -0.2) is 0 Å². The Hall–Kier alpha value is -0.940. The largest absolute Gasteiger partial charge is 0.383 e. The summed E-state index contributed by atoms with van der Waals surface area (Å²) in [4.78, 5) is 3.87. The number of nitrogens with zero attached hydrogens (tertiary/aromatic N) is 2. The highest BCUT2D eigenvalue weighted by molar-refractivity contribution is 4.77. The molecule has 0 saturated heterocycles. The van der Waals surface area contributed by atoms with Crippen molar-refractivity contribution in [2.24, 2.45) is 0 Å². The minimum atomic E-state index is 0.300. The van der Waals surface area contributed by atoms with E-state index in [1.165, 1.54) is 6.39 Å². The molecule has 0 aliphatic rings. The third-order valence-electron chi connectivity index (χ3n) is 1.43. The number of rotatable bonds is 5. The Kier molecular flexibility index (Phi) is 3.69. The van der Waals surface area contributed by atoms with E-state index in [1.54, 1.807) is 7.11 Å². The maximum absolute atomic E-state index is 4.95. The molecule has 0 aliphatic heterocycles. The van der Waals surface area contributed by atoms with Crippen molar-refractivity contribution in [2.75, 3.05) is 13.7 Å². The molecule has 0 aromatic carbocycles. The maximum Gasteiger partial charge on any atom is 0.213 e. The molecule has 0 fully saturated rings. The van der Waals surface area contributed by atoms with E-state index in [9.17, 15) is 0 Å². The fourth-order valence-electron chi connectivity index (χ4n) is 0.845. The van der Waals surface area contributed by atoms with Crippen LogP contribution in [0.3, 0.4) is 0 Å². The van der Waals surface area contributed by atoms with Crippen LogP contribution in [0.1, 0.15) is 12.7 Å². The topological polar surface area (TPSA) is 60.2 Å². The zero-order valence-electron chi connectivity index (χ0n) is 7.28. The molecule has 5 nitrogen and oxygen atoms in total. The molecule has 0 amide bonds. The van der Waals surface area contributed by atoms with Gasteiger partial charge >= 0.3 is 0 Å². The van der Waals surface area contributed by atoms with Gasteiger partial charge < -0.3 is 14.6 Å². The molecule has 1 N–H and O–H groups in total. The van der Waals surface area contributed by atoms with Gasteiger partial charge in [0.25, 0.3) is 0 Å². The van der Waals surface area contributed by atoms with Gasteiger partial charge in [-0.15, -0.1) is 0 Å². The van der Waals surface area contributed by atoms with Crippen LogP contribution < -0.4 is 5.32 Å². The molecule has 1 heterocycles. The van der Waals surface area contributed by atoms with E-state index in [-0.39, 0.29) is 0 Å². The van der Waals surface area contributed by atoms with Crippen LogP contribution in [0.5, 0.6) is 0 Å². The number of methoxy groups -OCH3 is 1. The predicted molar refractivity (Wildman–Crippen MR) is 42.5 cm³/mol. The lowest BCUT2D eigenvalue weighted by molar-refractivity contribution is 0.171. The average molecular weight is 171 g/mol. The molecule has 0 bridgehead atoms. The van der Waals surface area contributed by atoms with Gasteiger partial charge in [0, 0.05) is 13.2 Å². The van der Waals surface area contributed by atoms with E-state index >= 15 is 0 Å². The molecule has 0 saturated carbocycles. The highest BCUT2D eigenvalue weighted by atomic mass is 16.5. The van der Waals surface area contributed by atoms with Crippen molar-refractivity contribution in [3.8, 4) is 0 Å². The van der Waals surface area contributed by atoms with Crippen molar-refractivity contribution in [3.63, 3.8) is 0 Å². The summed E-state index contributed by atoms with van der Waals surface area (Å²) < 4.78 is 9.52. The smallest absolute Gasteiger partial charge is 0.213 e. The molecule has 5 heteroatoms. The van der Waals surface area contributed by atoms with E-state index in [0.29, 0.717) is 25.0 Å². The van der Waals surface area contributed by atoms with Crippen molar-refractivity contribution in [3.05, 3.63) is 12.2 Å². The summed E-state index contributed by atoms with van der Waals surface area (Å²) in [5, 5.41) is 6.83. The number of hydrogen-bond donors (Lipinski definition) is 1. The summed E-state index contributed by atoms with van der Waals surface area (Å²) in [6, 6.07) is 0.300. The first-order valence-electron chi connectivity index (χ1n) is 3.80. The first kappa shape index (κ1) is 9.15. The highest BCUT2D eigenvalue weighted by Crippen LogP contribution is 1.89. The molecule has 1 aromatic heterocycles. The second kappa shape index (κ2) is 4.84. The number of aromatic nitrogens is 2. The third kappa shape index (κ3) is 2.98. The van der Waals surface area contributed by atoms with E-state index < -0.39 is 0 Å². The highest BCUT2D eigenvalue weighted by Gasteiger charge is 2.02. The van der Waals surface area contributed by atoms with E-state index in [0.717, 1.165) is 0 Å². The molecule has 1 unspecified atom stereocenters. The van der Waals surface area contributed by atoms with Crippen LogP contribution in [-0.2, 0) is 11.3 Å². The van der Waals surface area contributed by atoms with Gasteiger partial charge in [-0.3, -0.25) is 0 Å². The minimum absolute atomic E-state index is 0.300. The molecule has 1 aromatic rings. The molecular formula is C7H13N3O2. The van der Waals surface area contributed by atoms with Crippen LogP contribution in [-0.4, -0.2) is 29.9 Å². The second-order valence-corrected chi connectivity index (χ2v) is 2.58. The second-order valence-electron chi connectivity index (χ2n) is 2.58. The molecule has 12 heavy (non-hydrogen) atoms. The third-order valence-corrected chi connectivity index (χ3v) is 1.43. The molecule has 1 atom stereocenters. The Morgan fingerprint density at radius 3 is 3.17 bits per heavy atom. The van der Waals surface area contributed by atoms with Crippen LogP contribution in [0.2, 0.25) is 0 Å². The van der Waals surface area contributed by atoms with E-state index in [4.69, 9.17) is 4.74 Å². The average Bonchev–Trinajstić information content (AvgIpc) is 2.53. The van der Waals surface area contributed by atoms with Crippen LogP contribution in [0.4, 0.5) is 0 Å². The van der Waals surface area contributed by atoms with Gasteiger partial charge in [0.2, 0.25) is 6.39 Å². The van der Waals surface area contributed by atoms with E-state index in [1.807, 2.05) is 6.92 Å². The summed E-state index contributed by atoms with van der Waals surface area (Å²) in [6.07, 6.45) is 1.32. The van der Waals surface area contributed by atoms with Crippen molar-refractivity contribution >= 4 is 0 Å². The summed E-state index contributed by atoms with van der Waals surface area (Å²) in [5.41, 5.74) is 0. The monoisotopic (exact) mass is 171 g/mol. The first-order valence-corrected chi connectivity index (χ1v) is 3.80. The van der Waals surface area contributed by atoms with Crippen LogP contribution >= 0.6 is 0 Å². The van der Waals surface area contributed by atoms with Crippen LogP contribution in [0.15, 0.2) is 10.9 Å². The molecular weight excluding hydrogens is 158 g/mol. The summed E-state index contributed by atoms with van der Waals surface area (Å²) in [5.74, 6) is 0.665. The fraction of sp³-hybridized carbons (Fsp3) is 0.714. The standard InChI is InChI=1S/C7H13N3O2/c1-6(4-11-2)8-3-7-9-5-12-10-7/h5-6,8H,3-4H2,1-2H3. The Labute approximate surface area is 71.1 Å². The molecule has 0 aliphatic carbocycles. The number of ether oxygens (including phenoxy) is 1. The Morgan fingerprint density at radius 2 is 2.58 bits per heavy atom. The van der Waals surface area contributed by atoms with Gasteiger partial charge in [-0.05, 0) is 6.92 Å². The molecule has 0 spiro atoms. The van der Waals surface area contributed by atoms with Crippen LogP contribution in [0, 0.1) is 0 Å². The van der Waals surface area contributed by atoms with Crippen molar-refractivity contribution < 1.29 is 9.26 Å². The maximum atomic E-state index is 4.95. The molecule has 68 valence electrons. The van der Waals surface area contributed by atoms with Gasteiger partial charge in [0.15, 0.2) is 5.82 Å². The predicted octanol–water partition coefficient (Wildman–Crippen LogP) is 0.194. The quantitative estimate of drug-likeness (QED) is 0.685. The minimum Gasteiger partial charge on any atom is -0.383 e. The van der Waals surface area contributed by atoms with Crippen molar-refractivity contribution in [2.45, 2.75) is 19.5 Å². The molecule has 1 rings (SSSR count). The van der Waals surface area contributed by atoms with E-state index in [2.05, 4.69) is 20.0 Å². The van der Waals surface area contributed by atoms with Crippen LogP contribution in [0.25, 0.3) is 0 Å². The fourth-order valence-corrected chi connectivity index (χ4v) is 0.845. The normalized spacial score (nSPS) is 13.2.